The Kier molecular flexibility index (Phi) is 5.19. The summed E-state index contributed by atoms with van der Waals surface area (Å²) >= 11 is 0. The highest BCUT2D eigenvalue weighted by atomic mass is 16.5. The molecule has 2 aromatic rings. The van der Waals surface area contributed by atoms with Gasteiger partial charge < -0.3 is 10.5 Å². The maximum absolute atomic E-state index is 6.21. The van der Waals surface area contributed by atoms with Crippen molar-refractivity contribution in [3.63, 3.8) is 0 Å². The highest BCUT2D eigenvalue weighted by molar-refractivity contribution is 5.33. The summed E-state index contributed by atoms with van der Waals surface area (Å²) in [6.45, 7) is 4.45. The molecular weight excluding hydrogens is 246 g/mol. The van der Waals surface area contributed by atoms with Gasteiger partial charge in [-0.2, -0.15) is 0 Å². The molecule has 0 saturated heterocycles. The largest absolute Gasteiger partial charge is 0.457 e. The van der Waals surface area contributed by atoms with Gasteiger partial charge in [-0.05, 0) is 48.6 Å². The molecule has 2 aromatic carbocycles. The molecule has 2 nitrogen and oxygen atoms in total. The van der Waals surface area contributed by atoms with E-state index in [1.165, 1.54) is 5.56 Å². The summed E-state index contributed by atoms with van der Waals surface area (Å²) in [5, 5.41) is 0. The van der Waals surface area contributed by atoms with Gasteiger partial charge in [-0.25, -0.2) is 0 Å². The van der Waals surface area contributed by atoms with E-state index in [9.17, 15) is 0 Å². The molecule has 0 saturated carbocycles. The molecule has 0 aliphatic carbocycles. The SMILES string of the molecule is CC(C)CCC(N)c1ccc(Oc2ccccc2)cc1. The second kappa shape index (κ2) is 7.11. The molecule has 0 fully saturated rings. The Morgan fingerprint density at radius 1 is 0.850 bits per heavy atom. The van der Waals surface area contributed by atoms with Crippen LogP contribution < -0.4 is 10.5 Å². The van der Waals surface area contributed by atoms with Crippen LogP contribution in [-0.2, 0) is 0 Å². The van der Waals surface area contributed by atoms with Crippen LogP contribution >= 0.6 is 0 Å². The normalized spacial score (nSPS) is 12.4. The summed E-state index contributed by atoms with van der Waals surface area (Å²) in [7, 11) is 0. The van der Waals surface area contributed by atoms with Crippen LogP contribution in [0.2, 0.25) is 0 Å². The molecule has 1 atom stereocenters. The molecule has 0 bridgehead atoms. The Morgan fingerprint density at radius 2 is 1.45 bits per heavy atom. The van der Waals surface area contributed by atoms with Crippen molar-refractivity contribution in [1.82, 2.24) is 0 Å². The van der Waals surface area contributed by atoms with Crippen LogP contribution in [-0.4, -0.2) is 0 Å². The van der Waals surface area contributed by atoms with Gasteiger partial charge >= 0.3 is 0 Å². The van der Waals surface area contributed by atoms with Crippen molar-refractivity contribution < 1.29 is 4.74 Å². The number of hydrogen-bond donors (Lipinski definition) is 1. The van der Waals surface area contributed by atoms with Crippen molar-refractivity contribution in [2.45, 2.75) is 32.7 Å². The average Bonchev–Trinajstić information content (AvgIpc) is 2.46. The number of ether oxygens (including phenoxy) is 1. The van der Waals surface area contributed by atoms with E-state index in [2.05, 4.69) is 26.0 Å². The third-order valence-electron chi connectivity index (χ3n) is 3.34. The van der Waals surface area contributed by atoms with Crippen LogP contribution in [0.25, 0.3) is 0 Å². The quantitative estimate of drug-likeness (QED) is 0.808. The van der Waals surface area contributed by atoms with Crippen molar-refractivity contribution in [3.05, 3.63) is 60.2 Å². The van der Waals surface area contributed by atoms with E-state index in [1.54, 1.807) is 0 Å². The lowest BCUT2D eigenvalue weighted by atomic mass is 9.98. The molecule has 2 heteroatoms. The summed E-state index contributed by atoms with van der Waals surface area (Å²) in [4.78, 5) is 0. The van der Waals surface area contributed by atoms with Gasteiger partial charge in [0.15, 0.2) is 0 Å². The van der Waals surface area contributed by atoms with Crippen LogP contribution in [0.1, 0.15) is 38.3 Å². The zero-order valence-electron chi connectivity index (χ0n) is 12.3. The van der Waals surface area contributed by atoms with Gasteiger partial charge in [-0.1, -0.05) is 44.2 Å². The number of para-hydroxylation sites is 1. The lowest BCUT2D eigenvalue weighted by molar-refractivity contribution is 0.481. The summed E-state index contributed by atoms with van der Waals surface area (Å²) < 4.78 is 5.77. The minimum Gasteiger partial charge on any atom is -0.457 e. The van der Waals surface area contributed by atoms with E-state index in [0.717, 1.165) is 24.3 Å². The van der Waals surface area contributed by atoms with E-state index in [0.29, 0.717) is 5.92 Å². The van der Waals surface area contributed by atoms with Gasteiger partial charge in [0.25, 0.3) is 0 Å². The molecule has 106 valence electrons. The molecule has 20 heavy (non-hydrogen) atoms. The highest BCUT2D eigenvalue weighted by Crippen LogP contribution is 2.24. The second-order valence-corrected chi connectivity index (χ2v) is 5.56. The Balaban J connectivity index is 1.96. The molecule has 1 unspecified atom stereocenters. The highest BCUT2D eigenvalue weighted by Gasteiger charge is 2.07. The lowest BCUT2D eigenvalue weighted by Crippen LogP contribution is -2.11. The first-order valence-electron chi connectivity index (χ1n) is 7.23. The molecular formula is C18H23NO. The standard InChI is InChI=1S/C18H23NO/c1-14(2)8-13-18(19)15-9-11-17(12-10-15)20-16-6-4-3-5-7-16/h3-7,9-12,14,18H,8,13,19H2,1-2H3. The number of benzene rings is 2. The third kappa shape index (κ3) is 4.39. The van der Waals surface area contributed by atoms with Crippen LogP contribution in [0.15, 0.2) is 54.6 Å². The van der Waals surface area contributed by atoms with Gasteiger partial charge in [0.1, 0.15) is 11.5 Å². The van der Waals surface area contributed by atoms with Gasteiger partial charge in [0.05, 0.1) is 0 Å². The van der Waals surface area contributed by atoms with Crippen LogP contribution in [0.4, 0.5) is 0 Å². The Labute approximate surface area is 121 Å². The molecule has 0 spiro atoms. The Morgan fingerprint density at radius 3 is 2.05 bits per heavy atom. The third-order valence-corrected chi connectivity index (χ3v) is 3.34. The van der Waals surface area contributed by atoms with Crippen molar-refractivity contribution >= 4 is 0 Å². The maximum atomic E-state index is 6.21. The minimum absolute atomic E-state index is 0.114. The van der Waals surface area contributed by atoms with Crippen LogP contribution in [0.3, 0.4) is 0 Å². The van der Waals surface area contributed by atoms with E-state index >= 15 is 0 Å². The number of hydrogen-bond acceptors (Lipinski definition) is 2. The monoisotopic (exact) mass is 269 g/mol. The van der Waals surface area contributed by atoms with Gasteiger partial charge in [0.2, 0.25) is 0 Å². The van der Waals surface area contributed by atoms with Crippen molar-refractivity contribution in [3.8, 4) is 11.5 Å². The Hall–Kier alpha value is -1.80. The van der Waals surface area contributed by atoms with Crippen molar-refractivity contribution in [2.24, 2.45) is 11.7 Å². The number of nitrogens with two attached hydrogens (primary N) is 1. The number of rotatable bonds is 6. The molecule has 0 radical (unpaired) electrons. The van der Waals surface area contributed by atoms with Gasteiger partial charge in [0, 0.05) is 6.04 Å². The molecule has 2 rings (SSSR count). The van der Waals surface area contributed by atoms with Gasteiger partial charge in [-0.3, -0.25) is 0 Å². The average molecular weight is 269 g/mol. The molecule has 0 aromatic heterocycles. The first-order chi connectivity index (χ1) is 9.65. The summed E-state index contributed by atoms with van der Waals surface area (Å²) in [5.41, 5.74) is 7.38. The predicted molar refractivity (Wildman–Crippen MR) is 84.0 cm³/mol. The fourth-order valence-corrected chi connectivity index (χ4v) is 2.09. The topological polar surface area (TPSA) is 35.2 Å². The fourth-order valence-electron chi connectivity index (χ4n) is 2.09. The smallest absolute Gasteiger partial charge is 0.127 e. The second-order valence-electron chi connectivity index (χ2n) is 5.56. The summed E-state index contributed by atoms with van der Waals surface area (Å²) in [5.74, 6) is 2.39. The molecule has 0 heterocycles. The zero-order chi connectivity index (χ0) is 14.4. The molecule has 0 aliphatic rings. The van der Waals surface area contributed by atoms with Crippen LogP contribution in [0.5, 0.6) is 11.5 Å². The molecule has 2 N–H and O–H groups in total. The molecule has 0 amide bonds. The van der Waals surface area contributed by atoms with Crippen molar-refractivity contribution in [1.29, 1.82) is 0 Å². The lowest BCUT2D eigenvalue weighted by Gasteiger charge is -2.14. The molecule has 0 aliphatic heterocycles. The minimum atomic E-state index is 0.114. The van der Waals surface area contributed by atoms with Gasteiger partial charge in [-0.15, -0.1) is 0 Å². The zero-order valence-corrected chi connectivity index (χ0v) is 12.3. The first-order valence-corrected chi connectivity index (χ1v) is 7.23. The Bertz CT molecular complexity index is 505. The first kappa shape index (κ1) is 14.6. The van der Waals surface area contributed by atoms with E-state index < -0.39 is 0 Å². The fraction of sp³-hybridized carbons (Fsp3) is 0.333. The maximum Gasteiger partial charge on any atom is 0.127 e. The van der Waals surface area contributed by atoms with Crippen LogP contribution in [0, 0.1) is 5.92 Å². The van der Waals surface area contributed by atoms with E-state index in [-0.39, 0.29) is 6.04 Å². The predicted octanol–water partition coefficient (Wildman–Crippen LogP) is 4.91. The van der Waals surface area contributed by atoms with Crippen molar-refractivity contribution in [2.75, 3.05) is 0 Å². The van der Waals surface area contributed by atoms with E-state index in [4.69, 9.17) is 10.5 Å². The summed E-state index contributed by atoms with van der Waals surface area (Å²) in [6, 6.07) is 18.0. The van der Waals surface area contributed by atoms with E-state index in [1.807, 2.05) is 42.5 Å². The summed E-state index contributed by atoms with van der Waals surface area (Å²) in [6.07, 6.45) is 2.18.